The summed E-state index contributed by atoms with van der Waals surface area (Å²) < 4.78 is 0. The van der Waals surface area contributed by atoms with Gasteiger partial charge in [0, 0.05) is 11.4 Å². The van der Waals surface area contributed by atoms with Gasteiger partial charge in [0.25, 0.3) is 0 Å². The van der Waals surface area contributed by atoms with Crippen LogP contribution >= 0.6 is 0 Å². The van der Waals surface area contributed by atoms with Crippen molar-refractivity contribution >= 4 is 17.9 Å². The Bertz CT molecular complexity index is 312. The molecule has 0 spiro atoms. The minimum Gasteiger partial charge on any atom is -0.550 e. The molecule has 0 saturated carbocycles. The van der Waals surface area contributed by atoms with Gasteiger partial charge in [-0.2, -0.15) is 0 Å². The van der Waals surface area contributed by atoms with E-state index >= 15 is 0 Å². The number of carbonyl (C=O) groups excluding carboxylic acids is 3. The minimum absolute atomic E-state index is 0.384. The van der Waals surface area contributed by atoms with E-state index in [0.717, 1.165) is 6.54 Å². The summed E-state index contributed by atoms with van der Waals surface area (Å²) in [4.78, 5) is 30.8. The quantitative estimate of drug-likeness (QED) is 0.514. The highest BCUT2D eigenvalue weighted by Crippen LogP contribution is 2.09. The van der Waals surface area contributed by atoms with Gasteiger partial charge in [0.1, 0.15) is 0 Å². The molecule has 0 amide bonds. The molecule has 0 aliphatic heterocycles. The van der Waals surface area contributed by atoms with Crippen LogP contribution in [-0.2, 0) is 14.4 Å². The normalized spacial score (nSPS) is 10.2. The maximum Gasteiger partial charge on any atom is 0.0643 e. The summed E-state index contributed by atoms with van der Waals surface area (Å²) in [7, 11) is 3.99. The molecule has 0 aliphatic rings. The zero-order valence-electron chi connectivity index (χ0n) is 12.5. The van der Waals surface area contributed by atoms with Crippen molar-refractivity contribution in [2.45, 2.75) is 20.8 Å². The first kappa shape index (κ1) is 23.2. The molecule has 0 saturated heterocycles. The first-order chi connectivity index (χ1) is 8.84. The van der Waals surface area contributed by atoms with Crippen LogP contribution in [0.15, 0.2) is 12.2 Å². The fraction of sp³-hybridized carbons (Fsp3) is 0.538. The summed E-state index contributed by atoms with van der Waals surface area (Å²) in [6.45, 7) is 9.30. The highest BCUT2D eigenvalue weighted by atomic mass is 16.4. The van der Waals surface area contributed by atoms with Gasteiger partial charge in [-0.3, -0.25) is 0 Å². The predicted molar refractivity (Wildman–Crippen MR) is 67.5 cm³/mol. The molecular weight excluding hydrogens is 266 g/mol. The molecule has 0 heterocycles. The highest BCUT2D eigenvalue weighted by Gasteiger charge is 2.09. The van der Waals surface area contributed by atoms with Gasteiger partial charge in [-0.25, -0.2) is 0 Å². The Morgan fingerprint density at radius 2 is 1.20 bits per heavy atom. The van der Waals surface area contributed by atoms with Crippen LogP contribution in [0.2, 0.25) is 0 Å². The lowest BCUT2D eigenvalue weighted by Crippen LogP contribution is -2.35. The molecule has 0 N–H and O–H groups in total. The van der Waals surface area contributed by atoms with Crippen molar-refractivity contribution in [2.24, 2.45) is 5.41 Å². The zero-order valence-corrected chi connectivity index (χ0v) is 12.5. The number of aliphatic carboxylic acids is 3. The molecule has 117 valence electrons. The molecule has 0 rings (SSSR count). The van der Waals surface area contributed by atoms with Gasteiger partial charge in [-0.15, -0.1) is 0 Å². The standard InChI is InChI=1S/C5H10O2.C4H10N.C4H4O4/c1-5(2,3)4(6)7;1-4-5(2)3;5-3(6)1-2-4(7)8/h1-3H3,(H,6,7);1,4H2,2-3H3;1-2H,(H,5,6)(H,7,8)/p-3/b;;2-1+. The molecule has 7 heteroatoms. The van der Waals surface area contributed by atoms with Crippen molar-refractivity contribution in [3.63, 3.8) is 0 Å². The molecular formula is C13H21NO6-3. The number of hydrogen-bond acceptors (Lipinski definition) is 7. The van der Waals surface area contributed by atoms with E-state index in [9.17, 15) is 29.7 Å². The fourth-order valence-electron chi connectivity index (χ4n) is 0.136. The third-order valence-corrected chi connectivity index (χ3v) is 1.42. The van der Waals surface area contributed by atoms with Crippen molar-refractivity contribution < 1.29 is 29.7 Å². The van der Waals surface area contributed by atoms with Gasteiger partial charge in [-0.05, 0) is 39.7 Å². The third kappa shape index (κ3) is 29.8. The van der Waals surface area contributed by atoms with Crippen molar-refractivity contribution in [3.05, 3.63) is 19.1 Å². The SMILES string of the molecule is CC(C)(C)C(=O)[O-].O=C([O-])/C=C/C(=O)[O-].[CH2]CN(C)C. The number of carbonyl (C=O) groups is 3. The van der Waals surface area contributed by atoms with Crippen molar-refractivity contribution in [2.75, 3.05) is 20.6 Å². The lowest BCUT2D eigenvalue weighted by atomic mass is 9.98. The second-order valence-corrected chi connectivity index (χ2v) is 4.81. The molecule has 0 atom stereocenters. The Morgan fingerprint density at radius 3 is 1.25 bits per heavy atom. The maximum absolute atomic E-state index is 9.91. The largest absolute Gasteiger partial charge is 0.550 e. The van der Waals surface area contributed by atoms with Crippen LogP contribution in [0.25, 0.3) is 0 Å². The average Bonchev–Trinajstić information content (AvgIpc) is 2.26. The van der Waals surface area contributed by atoms with Crippen LogP contribution in [0.4, 0.5) is 0 Å². The molecule has 0 fully saturated rings. The van der Waals surface area contributed by atoms with Gasteiger partial charge in [0.05, 0.1) is 11.9 Å². The summed E-state index contributed by atoms with van der Waals surface area (Å²) in [5.41, 5.74) is -0.694. The average molecular weight is 287 g/mol. The number of carboxylic acids is 3. The van der Waals surface area contributed by atoms with Crippen molar-refractivity contribution in [3.8, 4) is 0 Å². The molecule has 0 aromatic rings. The number of nitrogens with zero attached hydrogens (tertiary/aromatic N) is 1. The smallest absolute Gasteiger partial charge is 0.0643 e. The summed E-state index contributed by atoms with van der Waals surface area (Å²) >= 11 is 0. The number of hydrogen-bond donors (Lipinski definition) is 0. The monoisotopic (exact) mass is 287 g/mol. The molecule has 0 aromatic carbocycles. The number of rotatable bonds is 3. The summed E-state index contributed by atoms with van der Waals surface area (Å²) in [5.74, 6) is -4.10. The van der Waals surface area contributed by atoms with E-state index in [2.05, 4.69) is 6.92 Å². The summed E-state index contributed by atoms with van der Waals surface area (Å²) in [6, 6.07) is 0. The van der Waals surface area contributed by atoms with Crippen LogP contribution in [0.1, 0.15) is 20.8 Å². The third-order valence-electron chi connectivity index (χ3n) is 1.42. The zero-order chi connectivity index (χ0) is 16.9. The second-order valence-electron chi connectivity index (χ2n) is 4.81. The lowest BCUT2D eigenvalue weighted by Gasteiger charge is -2.18. The lowest BCUT2D eigenvalue weighted by molar-refractivity contribution is -0.316. The molecule has 0 unspecified atom stereocenters. The molecule has 0 aromatic heterocycles. The summed E-state index contributed by atoms with van der Waals surface area (Å²) in [5, 5.41) is 28.7. The fourth-order valence-corrected chi connectivity index (χ4v) is 0.136. The van der Waals surface area contributed by atoms with E-state index in [1.54, 1.807) is 20.8 Å². The van der Waals surface area contributed by atoms with Crippen molar-refractivity contribution in [1.29, 1.82) is 0 Å². The second kappa shape index (κ2) is 12.2. The Kier molecular flexibility index (Phi) is 14.1. The number of carboxylic acid groups (broad SMARTS) is 3. The molecule has 0 aliphatic carbocycles. The minimum atomic E-state index is -1.55. The van der Waals surface area contributed by atoms with Gasteiger partial charge in [0.15, 0.2) is 0 Å². The first-order valence-electron chi connectivity index (χ1n) is 5.60. The van der Waals surface area contributed by atoms with Gasteiger partial charge in [-0.1, -0.05) is 20.8 Å². The highest BCUT2D eigenvalue weighted by molar-refractivity contribution is 5.87. The summed E-state index contributed by atoms with van der Waals surface area (Å²) in [6.07, 6.45) is 0.769. The van der Waals surface area contributed by atoms with E-state index in [1.165, 1.54) is 0 Å². The van der Waals surface area contributed by atoms with Gasteiger partial charge < -0.3 is 34.6 Å². The van der Waals surface area contributed by atoms with Crippen LogP contribution in [0.3, 0.4) is 0 Å². The first-order valence-corrected chi connectivity index (χ1v) is 5.60. The maximum atomic E-state index is 9.91. The van der Waals surface area contributed by atoms with Gasteiger partial charge in [0.2, 0.25) is 0 Å². The molecule has 0 bridgehead atoms. The van der Waals surface area contributed by atoms with Gasteiger partial charge >= 0.3 is 0 Å². The van der Waals surface area contributed by atoms with Crippen LogP contribution in [0.5, 0.6) is 0 Å². The Balaban J connectivity index is -0.000000223. The molecule has 1 radical (unpaired) electrons. The van der Waals surface area contributed by atoms with E-state index in [1.807, 2.05) is 19.0 Å². The topological polar surface area (TPSA) is 124 Å². The van der Waals surface area contributed by atoms with E-state index in [-0.39, 0.29) is 0 Å². The molecule has 20 heavy (non-hydrogen) atoms. The van der Waals surface area contributed by atoms with Crippen LogP contribution < -0.4 is 15.3 Å². The Labute approximate surface area is 119 Å². The van der Waals surface area contributed by atoms with E-state index < -0.39 is 23.3 Å². The van der Waals surface area contributed by atoms with Crippen molar-refractivity contribution in [1.82, 2.24) is 4.90 Å². The predicted octanol–water partition coefficient (Wildman–Crippen LogP) is -2.79. The van der Waals surface area contributed by atoms with E-state index in [4.69, 9.17) is 0 Å². The Morgan fingerprint density at radius 1 is 1.00 bits per heavy atom. The van der Waals surface area contributed by atoms with Crippen LogP contribution in [0, 0.1) is 12.3 Å². The molecule has 7 nitrogen and oxygen atoms in total. The Hall–Kier alpha value is -1.89. The van der Waals surface area contributed by atoms with E-state index in [0.29, 0.717) is 12.2 Å². The van der Waals surface area contributed by atoms with Crippen LogP contribution in [-0.4, -0.2) is 43.4 Å².